The Kier molecular flexibility index (Phi) is 63.4. The number of rotatable bonds is 71. The van der Waals surface area contributed by atoms with Gasteiger partial charge in [-0.3, -0.25) is 4.79 Å². The van der Waals surface area contributed by atoms with Gasteiger partial charge in [0.2, 0.25) is 5.91 Å². The summed E-state index contributed by atoms with van der Waals surface area (Å²) in [6.45, 7) is 2.85. The highest BCUT2D eigenvalue weighted by molar-refractivity contribution is 5.76. The zero-order valence-corrected chi connectivity index (χ0v) is 62.9. The lowest BCUT2D eigenvalue weighted by Crippen LogP contribution is -2.65. The molecule has 0 aromatic rings. The first kappa shape index (κ1) is 91.3. The summed E-state index contributed by atoms with van der Waals surface area (Å²) in [6, 6.07) is -0.932. The molecule has 12 atom stereocenters. The van der Waals surface area contributed by atoms with Gasteiger partial charge in [-0.15, -0.1) is 0 Å². The Morgan fingerprint density at radius 2 is 0.660 bits per heavy atom. The van der Waals surface area contributed by atoms with Crippen LogP contribution in [0, 0.1) is 0 Å². The predicted molar refractivity (Wildman–Crippen MR) is 401 cm³/mol. The molecule has 2 rings (SSSR count). The first-order valence-electron chi connectivity index (χ1n) is 41.7. The fourth-order valence-corrected chi connectivity index (χ4v) is 14.0. The molecule has 0 aromatic heterocycles. The third-order valence-corrected chi connectivity index (χ3v) is 20.5. The molecule has 12 unspecified atom stereocenters. The lowest BCUT2D eigenvalue weighted by molar-refractivity contribution is -0.359. The molecule has 0 radical (unpaired) electrons. The molecule has 14 heteroatoms. The first-order chi connectivity index (χ1) is 47.6. The van der Waals surface area contributed by atoms with Gasteiger partial charge in [-0.1, -0.05) is 365 Å². The van der Waals surface area contributed by atoms with Crippen molar-refractivity contribution in [3.8, 4) is 0 Å². The van der Waals surface area contributed by atoms with E-state index in [2.05, 4.69) is 43.5 Å². The highest BCUT2D eigenvalue weighted by atomic mass is 16.7. The summed E-state index contributed by atoms with van der Waals surface area (Å²) in [5.74, 6) is -0.241. The quantitative estimate of drug-likeness (QED) is 0.0204. The molecule has 9 N–H and O–H groups in total. The second-order valence-electron chi connectivity index (χ2n) is 29.6. The Balaban J connectivity index is 1.61. The molecule has 0 aromatic carbocycles. The second kappa shape index (κ2) is 67.4. The summed E-state index contributed by atoms with van der Waals surface area (Å²) in [5, 5.41) is 87.7. The molecule has 0 spiro atoms. The van der Waals surface area contributed by atoms with E-state index in [-0.39, 0.29) is 18.9 Å². The number of aliphatic hydroxyl groups is 8. The van der Waals surface area contributed by atoms with Crippen molar-refractivity contribution in [2.24, 2.45) is 0 Å². The van der Waals surface area contributed by atoms with Crippen LogP contribution in [-0.2, 0) is 23.7 Å². The number of carbonyl (C=O) groups excluding carboxylic acids is 1. The van der Waals surface area contributed by atoms with Gasteiger partial charge < -0.3 is 65.1 Å². The lowest BCUT2D eigenvalue weighted by Gasteiger charge is -2.46. The molecule has 0 bridgehead atoms. The van der Waals surface area contributed by atoms with E-state index in [1.165, 1.54) is 327 Å². The second-order valence-corrected chi connectivity index (χ2v) is 29.6. The van der Waals surface area contributed by atoms with E-state index >= 15 is 0 Å². The summed E-state index contributed by atoms with van der Waals surface area (Å²) in [5.41, 5.74) is 0. The first-order valence-corrected chi connectivity index (χ1v) is 41.7. The molecule has 2 fully saturated rings. The van der Waals surface area contributed by atoms with Crippen LogP contribution in [0.3, 0.4) is 0 Å². The lowest BCUT2D eigenvalue weighted by atomic mass is 9.97. The number of hydrogen-bond acceptors (Lipinski definition) is 13. The van der Waals surface area contributed by atoms with Crippen molar-refractivity contribution in [3.05, 3.63) is 36.5 Å². The van der Waals surface area contributed by atoms with Crippen molar-refractivity contribution in [2.45, 2.75) is 466 Å². The average molecular weight is 1380 g/mol. The summed E-state index contributed by atoms with van der Waals surface area (Å²) >= 11 is 0. The van der Waals surface area contributed by atoms with E-state index in [1.54, 1.807) is 6.08 Å². The van der Waals surface area contributed by atoms with Crippen molar-refractivity contribution in [1.82, 2.24) is 5.32 Å². The van der Waals surface area contributed by atoms with Crippen molar-refractivity contribution in [3.63, 3.8) is 0 Å². The number of ether oxygens (including phenoxy) is 4. The summed E-state index contributed by atoms with van der Waals surface area (Å²) in [4.78, 5) is 13.4. The maximum absolute atomic E-state index is 13.4. The highest BCUT2D eigenvalue weighted by Gasteiger charge is 2.51. The predicted octanol–water partition coefficient (Wildman–Crippen LogP) is 19.2. The molecule has 14 nitrogen and oxygen atoms in total. The Labute approximate surface area is 595 Å². The van der Waals surface area contributed by atoms with Crippen LogP contribution in [0.2, 0.25) is 0 Å². The number of amides is 1. The van der Waals surface area contributed by atoms with Gasteiger partial charge in [0.25, 0.3) is 0 Å². The van der Waals surface area contributed by atoms with Crippen LogP contribution in [0.25, 0.3) is 0 Å². The molecular weight excluding hydrogens is 1220 g/mol. The zero-order valence-electron chi connectivity index (χ0n) is 62.9. The summed E-state index contributed by atoms with van der Waals surface area (Å²) < 4.78 is 22.9. The minimum absolute atomic E-state index is 0.241. The summed E-state index contributed by atoms with van der Waals surface area (Å²) in [7, 11) is 0. The normalized spacial score (nSPS) is 22.2. The van der Waals surface area contributed by atoms with E-state index in [9.17, 15) is 45.6 Å². The average Bonchev–Trinajstić information content (AvgIpc) is 0.794. The van der Waals surface area contributed by atoms with Gasteiger partial charge in [-0.25, -0.2) is 0 Å². The number of allylic oxidation sites excluding steroid dienone is 5. The van der Waals surface area contributed by atoms with Crippen LogP contribution < -0.4 is 5.32 Å². The summed E-state index contributed by atoms with van der Waals surface area (Å²) in [6.07, 6.45) is 72.5. The van der Waals surface area contributed by atoms with Gasteiger partial charge in [-0.2, -0.15) is 0 Å². The minimum Gasteiger partial charge on any atom is -0.394 e. The van der Waals surface area contributed by atoms with Gasteiger partial charge in [0, 0.05) is 6.42 Å². The topological polar surface area (TPSA) is 228 Å². The third kappa shape index (κ3) is 50.3. The van der Waals surface area contributed by atoms with Gasteiger partial charge in [0.15, 0.2) is 12.6 Å². The Hall–Kier alpha value is -1.79. The number of hydrogen-bond donors (Lipinski definition) is 9. The van der Waals surface area contributed by atoms with Crippen LogP contribution >= 0.6 is 0 Å². The van der Waals surface area contributed by atoms with E-state index in [4.69, 9.17) is 18.9 Å². The standard InChI is InChI=1S/C83H157NO13/c1-3-5-7-9-11-13-15-17-19-21-23-25-27-29-31-33-35-36-37-39-41-43-45-47-49-51-53-55-57-59-61-63-65-67-75(88)84-71(70-94-82-80(93)78(91)81(74(69-86)96-82)97-83-79(92)77(90)76(89)73(68-85)95-83)72(87)66-64-62-60-58-56-54-52-50-48-46-44-42-40-38-34-32-30-28-26-24-22-20-18-16-14-12-10-8-6-4-2/h21,23,56,58,64,66,71-74,76-83,85-87,89-93H,3-20,22,24-55,57,59-63,65,67-70H2,1-2H3,(H,84,88)/b23-21-,58-56+,66-64+. The zero-order chi connectivity index (χ0) is 70.1. The molecular formula is C83H157NO13. The minimum atomic E-state index is -1.79. The van der Waals surface area contributed by atoms with Crippen molar-refractivity contribution in [2.75, 3.05) is 19.8 Å². The number of nitrogens with one attached hydrogen (secondary N) is 1. The van der Waals surface area contributed by atoms with Gasteiger partial charge in [0.05, 0.1) is 32.0 Å². The van der Waals surface area contributed by atoms with Crippen molar-refractivity contribution in [1.29, 1.82) is 0 Å². The van der Waals surface area contributed by atoms with E-state index in [0.717, 1.165) is 32.1 Å². The van der Waals surface area contributed by atoms with E-state index in [1.807, 2.05) is 6.08 Å². The monoisotopic (exact) mass is 1380 g/mol. The van der Waals surface area contributed by atoms with Crippen molar-refractivity contribution < 1.29 is 64.6 Å². The maximum atomic E-state index is 13.4. The van der Waals surface area contributed by atoms with Crippen LogP contribution in [-0.4, -0.2) is 140 Å². The Morgan fingerprint density at radius 3 is 1.01 bits per heavy atom. The molecule has 1 amide bonds. The van der Waals surface area contributed by atoms with Gasteiger partial charge >= 0.3 is 0 Å². The van der Waals surface area contributed by atoms with Crippen LogP contribution in [0.4, 0.5) is 0 Å². The number of carbonyl (C=O) groups is 1. The highest BCUT2D eigenvalue weighted by Crippen LogP contribution is 2.30. The van der Waals surface area contributed by atoms with Crippen LogP contribution in [0.5, 0.6) is 0 Å². The van der Waals surface area contributed by atoms with E-state index < -0.39 is 86.8 Å². The fraction of sp³-hybridized carbons (Fsp3) is 0.916. The van der Waals surface area contributed by atoms with Gasteiger partial charge in [0.1, 0.15) is 48.8 Å². The largest absolute Gasteiger partial charge is 0.394 e. The van der Waals surface area contributed by atoms with Crippen LogP contribution in [0.1, 0.15) is 393 Å². The van der Waals surface area contributed by atoms with E-state index in [0.29, 0.717) is 12.8 Å². The number of unbranched alkanes of at least 4 members (excludes halogenated alkanes) is 54. The van der Waals surface area contributed by atoms with Crippen molar-refractivity contribution >= 4 is 5.91 Å². The molecule has 97 heavy (non-hydrogen) atoms. The molecule has 0 saturated carbocycles. The maximum Gasteiger partial charge on any atom is 0.220 e. The smallest absolute Gasteiger partial charge is 0.220 e. The fourth-order valence-electron chi connectivity index (χ4n) is 14.0. The molecule has 2 saturated heterocycles. The molecule has 2 aliphatic rings. The Morgan fingerprint density at radius 1 is 0.361 bits per heavy atom. The number of aliphatic hydroxyl groups excluding tert-OH is 8. The molecule has 0 aliphatic carbocycles. The molecule has 2 heterocycles. The van der Waals surface area contributed by atoms with Gasteiger partial charge in [-0.05, 0) is 57.8 Å². The molecule has 2 aliphatic heterocycles. The Bertz CT molecular complexity index is 1770. The molecule has 572 valence electrons. The van der Waals surface area contributed by atoms with Crippen LogP contribution in [0.15, 0.2) is 36.5 Å². The third-order valence-electron chi connectivity index (χ3n) is 20.5. The SMILES string of the molecule is CCCCCCCCCC/C=C\CCCCCCCCCCCCCCCCCCCCCCCC(=O)NC(COC1OC(CO)C(OC2OC(CO)C(O)C(O)C2O)C(O)C1O)C(O)/C=C/CC/C=C/CCCCCCCCCCCCCCCCCCCCCCCCCC.